The molecule has 0 atom stereocenters. The Bertz CT molecular complexity index is 736. The maximum atomic E-state index is 5.38. The largest absolute Gasteiger partial charge is 0.329 e. The topological polar surface area (TPSA) is 33.6 Å². The van der Waals surface area contributed by atoms with E-state index in [-0.39, 0.29) is 0 Å². The highest BCUT2D eigenvalue weighted by molar-refractivity contribution is 7.71. The first-order valence-electron chi connectivity index (χ1n) is 5.88. The number of aryl methyl sites for hydroxylation is 1. The minimum Gasteiger partial charge on any atom is -0.329 e. The first-order valence-corrected chi connectivity index (χ1v) is 7.17. The third kappa shape index (κ3) is 1.89. The van der Waals surface area contributed by atoms with Crippen molar-refractivity contribution in [3.8, 4) is 0 Å². The molecule has 0 unspecified atom stereocenters. The number of thiophene rings is 1. The summed E-state index contributed by atoms with van der Waals surface area (Å²) >= 11 is 7.16. The number of imidazole rings is 1. The highest BCUT2D eigenvalue weighted by atomic mass is 32.1. The summed E-state index contributed by atoms with van der Waals surface area (Å²) in [4.78, 5) is 8.97. The van der Waals surface area contributed by atoms with Gasteiger partial charge in [-0.15, -0.1) is 11.3 Å². The molecule has 3 aromatic rings. The lowest BCUT2D eigenvalue weighted by molar-refractivity contribution is 0.804. The normalized spacial score (nSPS) is 11.2. The van der Waals surface area contributed by atoms with E-state index >= 15 is 0 Å². The van der Waals surface area contributed by atoms with Crippen LogP contribution >= 0.6 is 23.6 Å². The molecular formula is C13H13N3S2. The van der Waals surface area contributed by atoms with E-state index < -0.39 is 0 Å². The van der Waals surface area contributed by atoms with Gasteiger partial charge in [-0.3, -0.25) is 4.57 Å². The molecule has 0 bridgehead atoms. The van der Waals surface area contributed by atoms with Gasteiger partial charge >= 0.3 is 0 Å². The monoisotopic (exact) mass is 275 g/mol. The van der Waals surface area contributed by atoms with Crippen molar-refractivity contribution in [3.63, 3.8) is 0 Å². The van der Waals surface area contributed by atoms with Crippen LogP contribution in [0.4, 0.5) is 0 Å². The van der Waals surface area contributed by atoms with E-state index in [1.807, 2.05) is 12.1 Å². The van der Waals surface area contributed by atoms with Crippen molar-refractivity contribution in [2.45, 2.75) is 19.9 Å². The molecule has 0 radical (unpaired) electrons. The van der Waals surface area contributed by atoms with Crippen LogP contribution in [0.15, 0.2) is 29.8 Å². The summed E-state index contributed by atoms with van der Waals surface area (Å²) in [5.41, 5.74) is 3.32. The Hall–Kier alpha value is -1.46. The van der Waals surface area contributed by atoms with Crippen LogP contribution in [0, 0.1) is 4.77 Å². The molecule has 0 aliphatic rings. The maximum absolute atomic E-state index is 5.38. The molecule has 0 amide bonds. The molecule has 18 heavy (non-hydrogen) atoms. The van der Waals surface area contributed by atoms with Gasteiger partial charge in [0.25, 0.3) is 0 Å². The standard InChI is InChI=1S/C13H13N3S2/c1-2-9-5-7-18-11(9)8-16-12-10(15-13(16)17)4-3-6-14-12/h3-7H,2,8H2,1H3,(H,15,17). The molecule has 0 spiro atoms. The Morgan fingerprint density at radius 1 is 1.44 bits per heavy atom. The Morgan fingerprint density at radius 2 is 2.33 bits per heavy atom. The van der Waals surface area contributed by atoms with Crippen LogP contribution in [-0.4, -0.2) is 14.5 Å². The van der Waals surface area contributed by atoms with Crippen molar-refractivity contribution in [3.05, 3.63) is 45.0 Å². The third-order valence-electron chi connectivity index (χ3n) is 3.05. The van der Waals surface area contributed by atoms with Crippen LogP contribution in [-0.2, 0) is 13.0 Å². The van der Waals surface area contributed by atoms with Gasteiger partial charge in [0.2, 0.25) is 0 Å². The zero-order valence-electron chi connectivity index (χ0n) is 10.0. The zero-order chi connectivity index (χ0) is 12.5. The molecule has 0 aliphatic heterocycles. The lowest BCUT2D eigenvalue weighted by Crippen LogP contribution is -2.01. The summed E-state index contributed by atoms with van der Waals surface area (Å²) in [5, 5.41) is 2.14. The van der Waals surface area contributed by atoms with E-state index in [2.05, 4.69) is 32.9 Å². The molecule has 3 rings (SSSR count). The Morgan fingerprint density at radius 3 is 3.17 bits per heavy atom. The Balaban J connectivity index is 2.10. The van der Waals surface area contributed by atoms with Crippen LogP contribution < -0.4 is 0 Å². The molecule has 3 nitrogen and oxygen atoms in total. The third-order valence-corrected chi connectivity index (χ3v) is 4.32. The van der Waals surface area contributed by atoms with E-state index in [0.717, 1.165) is 28.9 Å². The van der Waals surface area contributed by atoms with Crippen LogP contribution in [0.5, 0.6) is 0 Å². The first-order chi connectivity index (χ1) is 8.79. The molecule has 0 saturated carbocycles. The van der Waals surface area contributed by atoms with Crippen LogP contribution in [0.2, 0.25) is 0 Å². The number of aromatic nitrogens is 3. The van der Waals surface area contributed by atoms with E-state index in [1.54, 1.807) is 17.5 Å². The number of pyridine rings is 1. The molecule has 3 heterocycles. The highest BCUT2D eigenvalue weighted by Gasteiger charge is 2.08. The van der Waals surface area contributed by atoms with Crippen molar-refractivity contribution < 1.29 is 0 Å². The van der Waals surface area contributed by atoms with Crippen LogP contribution in [0.1, 0.15) is 17.4 Å². The molecule has 3 aromatic heterocycles. The minimum absolute atomic E-state index is 0.735. The van der Waals surface area contributed by atoms with Crippen LogP contribution in [0.3, 0.4) is 0 Å². The number of nitrogens with one attached hydrogen (secondary N) is 1. The highest BCUT2D eigenvalue weighted by Crippen LogP contribution is 2.21. The molecule has 0 fully saturated rings. The lowest BCUT2D eigenvalue weighted by atomic mass is 10.2. The Kier molecular flexibility index (Phi) is 3.01. The van der Waals surface area contributed by atoms with Gasteiger partial charge in [0.05, 0.1) is 12.1 Å². The van der Waals surface area contributed by atoms with Gasteiger partial charge in [-0.2, -0.15) is 0 Å². The zero-order valence-corrected chi connectivity index (χ0v) is 11.6. The number of nitrogens with zero attached hydrogens (tertiary/aromatic N) is 2. The average molecular weight is 275 g/mol. The van der Waals surface area contributed by atoms with Crippen molar-refractivity contribution in [2.24, 2.45) is 0 Å². The van der Waals surface area contributed by atoms with Crippen molar-refractivity contribution in [2.75, 3.05) is 0 Å². The fraction of sp³-hybridized carbons (Fsp3) is 0.231. The number of H-pyrrole nitrogens is 1. The van der Waals surface area contributed by atoms with Gasteiger partial charge in [-0.1, -0.05) is 6.92 Å². The van der Waals surface area contributed by atoms with E-state index in [0.29, 0.717) is 0 Å². The fourth-order valence-electron chi connectivity index (χ4n) is 2.10. The molecule has 1 N–H and O–H groups in total. The van der Waals surface area contributed by atoms with E-state index in [1.165, 1.54) is 10.4 Å². The Labute approximate surface area is 114 Å². The van der Waals surface area contributed by atoms with E-state index in [9.17, 15) is 0 Å². The predicted molar refractivity (Wildman–Crippen MR) is 77.7 cm³/mol. The summed E-state index contributed by atoms with van der Waals surface area (Å²) in [6, 6.07) is 6.11. The van der Waals surface area contributed by atoms with Gasteiger partial charge in [0.1, 0.15) is 0 Å². The molecule has 0 aliphatic carbocycles. The van der Waals surface area contributed by atoms with Crippen molar-refractivity contribution in [1.29, 1.82) is 0 Å². The predicted octanol–water partition coefficient (Wildman–Crippen LogP) is 3.77. The second-order valence-corrected chi connectivity index (χ2v) is 5.50. The molecule has 92 valence electrons. The summed E-state index contributed by atoms with van der Waals surface area (Å²) in [5.74, 6) is 0. The van der Waals surface area contributed by atoms with Gasteiger partial charge < -0.3 is 4.98 Å². The van der Waals surface area contributed by atoms with Gasteiger partial charge in [-0.05, 0) is 47.8 Å². The average Bonchev–Trinajstić information content (AvgIpc) is 2.95. The number of hydrogen-bond acceptors (Lipinski definition) is 3. The maximum Gasteiger partial charge on any atom is 0.179 e. The van der Waals surface area contributed by atoms with Gasteiger partial charge in [0, 0.05) is 11.1 Å². The van der Waals surface area contributed by atoms with E-state index in [4.69, 9.17) is 12.2 Å². The second-order valence-electron chi connectivity index (χ2n) is 4.11. The van der Waals surface area contributed by atoms with Gasteiger partial charge in [0.15, 0.2) is 10.4 Å². The number of rotatable bonds is 3. The minimum atomic E-state index is 0.735. The number of fused-ring (bicyclic) bond motifs is 1. The second kappa shape index (κ2) is 4.66. The first kappa shape index (κ1) is 11.6. The number of hydrogen-bond donors (Lipinski definition) is 1. The summed E-state index contributed by atoms with van der Waals surface area (Å²) in [6.07, 6.45) is 2.86. The summed E-state index contributed by atoms with van der Waals surface area (Å²) in [6.45, 7) is 2.98. The summed E-state index contributed by atoms with van der Waals surface area (Å²) in [7, 11) is 0. The molecule has 0 saturated heterocycles. The summed E-state index contributed by atoms with van der Waals surface area (Å²) < 4.78 is 2.80. The van der Waals surface area contributed by atoms with Gasteiger partial charge in [-0.25, -0.2) is 4.98 Å². The van der Waals surface area contributed by atoms with Crippen molar-refractivity contribution >= 4 is 34.7 Å². The fourth-order valence-corrected chi connectivity index (χ4v) is 3.32. The smallest absolute Gasteiger partial charge is 0.179 e. The quantitative estimate of drug-likeness (QED) is 0.738. The molecule has 5 heteroatoms. The molecule has 0 aromatic carbocycles. The number of aromatic amines is 1. The molecular weight excluding hydrogens is 262 g/mol. The lowest BCUT2D eigenvalue weighted by Gasteiger charge is -2.04. The van der Waals surface area contributed by atoms with Crippen molar-refractivity contribution in [1.82, 2.24) is 14.5 Å². The SMILES string of the molecule is CCc1ccsc1Cn1c(=S)[nH]c2cccnc21. The van der Waals surface area contributed by atoms with Crippen LogP contribution in [0.25, 0.3) is 11.2 Å².